The Kier molecular flexibility index (Phi) is 3.00. The molecule has 4 heteroatoms. The van der Waals surface area contributed by atoms with Crippen molar-refractivity contribution in [2.45, 2.75) is 6.42 Å². The van der Waals surface area contributed by atoms with Gasteiger partial charge in [-0.05, 0) is 46.6 Å². The highest BCUT2D eigenvalue weighted by atomic mass is 79.9. The lowest BCUT2D eigenvalue weighted by molar-refractivity contribution is 0.225. The Morgan fingerprint density at radius 2 is 2.36 bits per heavy atom. The summed E-state index contributed by atoms with van der Waals surface area (Å²) in [4.78, 5) is 0. The van der Waals surface area contributed by atoms with Crippen molar-refractivity contribution in [1.82, 2.24) is 0 Å². The fourth-order valence-electron chi connectivity index (χ4n) is 1.65. The lowest BCUT2D eigenvalue weighted by atomic mass is 9.97. The van der Waals surface area contributed by atoms with Crippen molar-refractivity contribution in [2.75, 3.05) is 13.2 Å². The van der Waals surface area contributed by atoms with Crippen LogP contribution in [0.25, 0.3) is 0 Å². The molecule has 0 bridgehead atoms. The first kappa shape index (κ1) is 10.3. The van der Waals surface area contributed by atoms with Crippen LogP contribution in [-0.4, -0.2) is 13.2 Å². The molecule has 0 radical (unpaired) electrons. The normalized spacial score (nSPS) is 20.1. The van der Waals surface area contributed by atoms with E-state index in [1.165, 1.54) is 0 Å². The van der Waals surface area contributed by atoms with Gasteiger partial charge < -0.3 is 10.5 Å². The molecule has 0 saturated carbocycles. The molecule has 76 valence electrons. The molecule has 1 aliphatic heterocycles. The van der Waals surface area contributed by atoms with Crippen molar-refractivity contribution < 1.29 is 4.74 Å². The molecule has 0 unspecified atom stereocenters. The highest BCUT2D eigenvalue weighted by molar-refractivity contribution is 9.10. The number of hydrogen-bond acceptors (Lipinski definition) is 2. The van der Waals surface area contributed by atoms with Gasteiger partial charge in [-0.2, -0.15) is 0 Å². The van der Waals surface area contributed by atoms with Gasteiger partial charge in [-0.15, -0.1) is 0 Å². The van der Waals surface area contributed by atoms with Crippen LogP contribution >= 0.6 is 27.5 Å². The van der Waals surface area contributed by atoms with E-state index in [0.717, 1.165) is 27.2 Å². The average Bonchev–Trinajstić information content (AvgIpc) is 2.16. The molecule has 2 rings (SSSR count). The van der Waals surface area contributed by atoms with E-state index in [1.807, 2.05) is 12.1 Å². The Morgan fingerprint density at radius 3 is 3.07 bits per heavy atom. The zero-order chi connectivity index (χ0) is 10.1. The van der Waals surface area contributed by atoms with Gasteiger partial charge in [-0.25, -0.2) is 0 Å². The van der Waals surface area contributed by atoms with Gasteiger partial charge in [0, 0.05) is 10.9 Å². The monoisotopic (exact) mass is 275 g/mol. The van der Waals surface area contributed by atoms with Crippen LogP contribution in [0.5, 0.6) is 5.75 Å². The molecule has 14 heavy (non-hydrogen) atoms. The molecule has 1 heterocycles. The second kappa shape index (κ2) is 4.09. The van der Waals surface area contributed by atoms with E-state index in [0.29, 0.717) is 19.1 Å². The minimum Gasteiger partial charge on any atom is -0.492 e. The van der Waals surface area contributed by atoms with Gasteiger partial charge in [-0.3, -0.25) is 0 Å². The molecule has 1 aromatic carbocycles. The maximum Gasteiger partial charge on any atom is 0.136 e. The average molecular weight is 277 g/mol. The Hall–Kier alpha value is -0.250. The molecule has 0 aliphatic carbocycles. The van der Waals surface area contributed by atoms with Crippen molar-refractivity contribution in [3.8, 4) is 5.75 Å². The van der Waals surface area contributed by atoms with Crippen LogP contribution in [-0.2, 0) is 6.42 Å². The van der Waals surface area contributed by atoms with Gasteiger partial charge >= 0.3 is 0 Å². The van der Waals surface area contributed by atoms with Gasteiger partial charge in [0.05, 0.1) is 11.1 Å². The summed E-state index contributed by atoms with van der Waals surface area (Å²) in [5.74, 6) is 1.33. The SMILES string of the molecule is NC[C@H]1COc2c(Br)cc(Cl)cc2C1. The number of ether oxygens (including phenoxy) is 1. The molecule has 0 saturated heterocycles. The van der Waals surface area contributed by atoms with Crippen LogP contribution in [0.2, 0.25) is 5.02 Å². The summed E-state index contributed by atoms with van der Waals surface area (Å²) in [6.45, 7) is 1.35. The maximum absolute atomic E-state index is 5.96. The smallest absolute Gasteiger partial charge is 0.136 e. The predicted octanol–water partition coefficient (Wildman–Crippen LogP) is 2.61. The molecular formula is C10H11BrClNO. The molecule has 0 spiro atoms. The van der Waals surface area contributed by atoms with Crippen molar-refractivity contribution in [1.29, 1.82) is 0 Å². The van der Waals surface area contributed by atoms with Gasteiger partial charge in [0.1, 0.15) is 5.75 Å². The minimum absolute atomic E-state index is 0.410. The van der Waals surface area contributed by atoms with Crippen molar-refractivity contribution >= 4 is 27.5 Å². The highest BCUT2D eigenvalue weighted by Gasteiger charge is 2.21. The molecule has 1 aromatic rings. The fourth-order valence-corrected chi connectivity index (χ4v) is 2.64. The number of nitrogens with two attached hydrogens (primary N) is 1. The zero-order valence-corrected chi connectivity index (χ0v) is 9.94. The summed E-state index contributed by atoms with van der Waals surface area (Å²) in [5, 5.41) is 0.733. The first-order valence-electron chi connectivity index (χ1n) is 4.51. The van der Waals surface area contributed by atoms with Crippen LogP contribution in [0.4, 0.5) is 0 Å². The molecule has 0 amide bonds. The fraction of sp³-hybridized carbons (Fsp3) is 0.400. The summed E-state index contributed by atoms with van der Waals surface area (Å²) < 4.78 is 6.55. The number of fused-ring (bicyclic) bond motifs is 1. The Morgan fingerprint density at radius 1 is 1.57 bits per heavy atom. The summed E-state index contributed by atoms with van der Waals surface area (Å²) >= 11 is 9.39. The highest BCUT2D eigenvalue weighted by Crippen LogP contribution is 2.36. The molecule has 2 N–H and O–H groups in total. The summed E-state index contributed by atoms with van der Waals surface area (Å²) in [6.07, 6.45) is 0.949. The Balaban J connectivity index is 2.37. The number of hydrogen-bond donors (Lipinski definition) is 1. The molecule has 2 nitrogen and oxygen atoms in total. The van der Waals surface area contributed by atoms with E-state index in [9.17, 15) is 0 Å². The molecular weight excluding hydrogens is 265 g/mol. The topological polar surface area (TPSA) is 35.2 Å². The summed E-state index contributed by atoms with van der Waals surface area (Å²) in [7, 11) is 0. The summed E-state index contributed by atoms with van der Waals surface area (Å²) in [6, 6.07) is 3.80. The minimum atomic E-state index is 0.410. The van der Waals surface area contributed by atoms with Crippen LogP contribution in [0.15, 0.2) is 16.6 Å². The lowest BCUT2D eigenvalue weighted by Crippen LogP contribution is -2.27. The van der Waals surface area contributed by atoms with Crippen molar-refractivity contribution in [3.63, 3.8) is 0 Å². The van der Waals surface area contributed by atoms with Gasteiger partial charge in [-0.1, -0.05) is 11.6 Å². The van der Waals surface area contributed by atoms with E-state index in [4.69, 9.17) is 22.1 Å². The van der Waals surface area contributed by atoms with Crippen LogP contribution in [0.1, 0.15) is 5.56 Å². The Bertz CT molecular complexity index is 356. The van der Waals surface area contributed by atoms with E-state index in [2.05, 4.69) is 15.9 Å². The van der Waals surface area contributed by atoms with E-state index >= 15 is 0 Å². The third kappa shape index (κ3) is 1.90. The van der Waals surface area contributed by atoms with Crippen molar-refractivity contribution in [2.24, 2.45) is 11.7 Å². The van der Waals surface area contributed by atoms with Gasteiger partial charge in [0.15, 0.2) is 0 Å². The van der Waals surface area contributed by atoms with Crippen molar-refractivity contribution in [3.05, 3.63) is 27.2 Å². The van der Waals surface area contributed by atoms with Crippen LogP contribution in [0, 0.1) is 5.92 Å². The van der Waals surface area contributed by atoms with Crippen LogP contribution < -0.4 is 10.5 Å². The lowest BCUT2D eigenvalue weighted by Gasteiger charge is -2.25. The quantitative estimate of drug-likeness (QED) is 0.856. The standard InChI is InChI=1S/C10H11BrClNO/c11-9-3-8(12)2-7-1-6(4-13)5-14-10(7)9/h2-3,6H,1,4-5,13H2/t6-/m0/s1. The third-order valence-electron chi connectivity index (χ3n) is 2.39. The Labute approximate surface area is 96.5 Å². The number of halogens is 2. The summed E-state index contributed by atoms with van der Waals surface area (Å²) in [5.41, 5.74) is 6.76. The largest absolute Gasteiger partial charge is 0.492 e. The number of benzene rings is 1. The van der Waals surface area contributed by atoms with E-state index in [1.54, 1.807) is 0 Å². The van der Waals surface area contributed by atoms with Crippen LogP contribution in [0.3, 0.4) is 0 Å². The molecule has 0 aromatic heterocycles. The number of rotatable bonds is 1. The predicted molar refractivity (Wildman–Crippen MR) is 60.9 cm³/mol. The van der Waals surface area contributed by atoms with Gasteiger partial charge in [0.2, 0.25) is 0 Å². The molecule has 0 fully saturated rings. The first-order chi connectivity index (χ1) is 6.70. The second-order valence-corrected chi connectivity index (χ2v) is 4.78. The molecule has 1 atom stereocenters. The van der Waals surface area contributed by atoms with Gasteiger partial charge in [0.25, 0.3) is 0 Å². The van der Waals surface area contributed by atoms with E-state index < -0.39 is 0 Å². The second-order valence-electron chi connectivity index (χ2n) is 3.49. The van der Waals surface area contributed by atoms with E-state index in [-0.39, 0.29) is 0 Å². The maximum atomic E-state index is 5.96. The molecule has 1 aliphatic rings. The third-order valence-corrected chi connectivity index (χ3v) is 3.20. The zero-order valence-electron chi connectivity index (χ0n) is 7.59. The first-order valence-corrected chi connectivity index (χ1v) is 5.68.